The molecule has 0 amide bonds. The first kappa shape index (κ1) is 10.4. The Morgan fingerprint density at radius 1 is 1.40 bits per heavy atom. The molecular formula is C10H12ClN3O. The van der Waals surface area contributed by atoms with Crippen LogP contribution in [0.1, 0.15) is 6.42 Å². The van der Waals surface area contributed by atoms with Gasteiger partial charge in [0.25, 0.3) is 0 Å². The number of anilines is 1. The number of aliphatic hydroxyl groups is 1. The normalized spacial score (nSPS) is 24.4. The van der Waals surface area contributed by atoms with Gasteiger partial charge in [-0.05, 0) is 6.42 Å². The maximum absolute atomic E-state index is 8.96. The summed E-state index contributed by atoms with van der Waals surface area (Å²) >= 11 is 5.67. The summed E-state index contributed by atoms with van der Waals surface area (Å²) in [6, 6.07) is 0.198. The van der Waals surface area contributed by atoms with Crippen LogP contribution in [0, 0.1) is 5.92 Å². The first-order valence-electron chi connectivity index (χ1n) is 4.81. The lowest BCUT2D eigenvalue weighted by molar-refractivity contribution is 0.250. The van der Waals surface area contributed by atoms with Crippen LogP contribution in [-0.4, -0.2) is 27.7 Å². The van der Waals surface area contributed by atoms with Crippen molar-refractivity contribution in [1.29, 1.82) is 0 Å². The Kier molecular flexibility index (Phi) is 3.18. The summed E-state index contributed by atoms with van der Waals surface area (Å²) in [5.74, 6) is 0.808. The lowest BCUT2D eigenvalue weighted by Gasteiger charge is -2.11. The summed E-state index contributed by atoms with van der Waals surface area (Å²) < 4.78 is 0. The molecule has 1 aliphatic carbocycles. The third kappa shape index (κ3) is 2.67. The molecule has 0 aromatic carbocycles. The van der Waals surface area contributed by atoms with Crippen LogP contribution in [0.3, 0.4) is 0 Å². The molecule has 1 aromatic rings. The molecule has 1 aromatic heterocycles. The van der Waals surface area contributed by atoms with E-state index < -0.39 is 0 Å². The van der Waals surface area contributed by atoms with Crippen molar-refractivity contribution in [3.8, 4) is 0 Å². The van der Waals surface area contributed by atoms with Crippen LogP contribution in [0.5, 0.6) is 0 Å². The maximum Gasteiger partial charge on any atom is 0.223 e. The summed E-state index contributed by atoms with van der Waals surface area (Å²) in [5, 5.41) is 12.6. The highest BCUT2D eigenvalue weighted by atomic mass is 35.5. The highest BCUT2D eigenvalue weighted by molar-refractivity contribution is 6.30. The highest BCUT2D eigenvalue weighted by Gasteiger charge is 2.18. The van der Waals surface area contributed by atoms with Crippen LogP contribution < -0.4 is 5.32 Å². The van der Waals surface area contributed by atoms with Crippen molar-refractivity contribution in [2.24, 2.45) is 5.92 Å². The second-order valence-electron chi connectivity index (χ2n) is 3.54. The van der Waals surface area contributed by atoms with E-state index in [2.05, 4.69) is 15.3 Å². The molecular weight excluding hydrogens is 214 g/mol. The van der Waals surface area contributed by atoms with E-state index in [9.17, 15) is 0 Å². The Hall–Kier alpha value is -1.13. The fourth-order valence-corrected chi connectivity index (χ4v) is 1.67. The van der Waals surface area contributed by atoms with Crippen molar-refractivity contribution in [2.75, 3.05) is 11.9 Å². The second kappa shape index (κ2) is 4.59. The van der Waals surface area contributed by atoms with Gasteiger partial charge in [-0.15, -0.1) is 0 Å². The summed E-state index contributed by atoms with van der Waals surface area (Å²) in [5.41, 5.74) is 0. The number of hydrogen-bond donors (Lipinski definition) is 2. The summed E-state index contributed by atoms with van der Waals surface area (Å²) in [6.45, 7) is 0.191. The van der Waals surface area contributed by atoms with E-state index >= 15 is 0 Å². The molecule has 15 heavy (non-hydrogen) atoms. The van der Waals surface area contributed by atoms with Crippen LogP contribution >= 0.6 is 11.6 Å². The van der Waals surface area contributed by atoms with Gasteiger partial charge in [-0.25, -0.2) is 9.97 Å². The molecule has 0 saturated carbocycles. The van der Waals surface area contributed by atoms with Crippen LogP contribution in [0.25, 0.3) is 0 Å². The monoisotopic (exact) mass is 225 g/mol. The number of halogens is 1. The van der Waals surface area contributed by atoms with Crippen LogP contribution in [0.2, 0.25) is 5.02 Å². The van der Waals surface area contributed by atoms with E-state index in [1.165, 1.54) is 0 Å². The minimum Gasteiger partial charge on any atom is -0.396 e. The molecule has 0 bridgehead atoms. The number of hydrogen-bond acceptors (Lipinski definition) is 4. The Balaban J connectivity index is 1.93. The second-order valence-corrected chi connectivity index (χ2v) is 3.98. The SMILES string of the molecule is OC[C@H]1C=C[C@@H](Nc2ncc(Cl)cn2)C1. The smallest absolute Gasteiger partial charge is 0.223 e. The van der Waals surface area contributed by atoms with Gasteiger partial charge in [-0.3, -0.25) is 0 Å². The van der Waals surface area contributed by atoms with Crippen molar-refractivity contribution in [1.82, 2.24) is 9.97 Å². The molecule has 2 rings (SSSR count). The van der Waals surface area contributed by atoms with Crippen molar-refractivity contribution in [3.63, 3.8) is 0 Å². The average molecular weight is 226 g/mol. The van der Waals surface area contributed by atoms with E-state index in [4.69, 9.17) is 16.7 Å². The van der Waals surface area contributed by atoms with Gasteiger partial charge in [-0.1, -0.05) is 23.8 Å². The molecule has 2 atom stereocenters. The average Bonchev–Trinajstić information content (AvgIpc) is 2.69. The largest absolute Gasteiger partial charge is 0.396 e. The summed E-state index contributed by atoms with van der Waals surface area (Å²) in [7, 11) is 0. The third-order valence-corrected chi connectivity index (χ3v) is 2.54. The molecule has 0 aliphatic heterocycles. The van der Waals surface area contributed by atoms with Gasteiger partial charge in [0.15, 0.2) is 0 Å². The van der Waals surface area contributed by atoms with E-state index in [0.29, 0.717) is 11.0 Å². The first-order valence-corrected chi connectivity index (χ1v) is 5.19. The molecule has 1 heterocycles. The van der Waals surface area contributed by atoms with Crippen molar-refractivity contribution >= 4 is 17.5 Å². The number of aliphatic hydroxyl groups excluding tert-OH is 1. The van der Waals surface area contributed by atoms with E-state index in [-0.39, 0.29) is 18.6 Å². The molecule has 5 heteroatoms. The number of rotatable bonds is 3. The van der Waals surface area contributed by atoms with Crippen molar-refractivity contribution in [3.05, 3.63) is 29.6 Å². The van der Waals surface area contributed by atoms with Crippen molar-refractivity contribution in [2.45, 2.75) is 12.5 Å². The number of aromatic nitrogens is 2. The molecule has 0 saturated heterocycles. The molecule has 80 valence electrons. The molecule has 0 unspecified atom stereocenters. The van der Waals surface area contributed by atoms with Gasteiger partial charge in [0.2, 0.25) is 5.95 Å². The molecule has 0 radical (unpaired) electrons. The molecule has 0 spiro atoms. The number of nitrogens with zero attached hydrogens (tertiary/aromatic N) is 2. The third-order valence-electron chi connectivity index (χ3n) is 2.34. The van der Waals surface area contributed by atoms with Gasteiger partial charge in [0, 0.05) is 18.6 Å². The van der Waals surface area contributed by atoms with E-state index in [0.717, 1.165) is 6.42 Å². The lowest BCUT2D eigenvalue weighted by atomic mass is 10.1. The zero-order valence-corrected chi connectivity index (χ0v) is 8.85. The molecule has 2 N–H and O–H groups in total. The molecule has 0 fully saturated rings. The highest BCUT2D eigenvalue weighted by Crippen LogP contribution is 2.19. The van der Waals surface area contributed by atoms with Crippen LogP contribution in [-0.2, 0) is 0 Å². The Bertz CT molecular complexity index is 352. The number of nitrogens with one attached hydrogen (secondary N) is 1. The maximum atomic E-state index is 8.96. The fraction of sp³-hybridized carbons (Fsp3) is 0.400. The first-order chi connectivity index (χ1) is 7.28. The van der Waals surface area contributed by atoms with Crippen LogP contribution in [0.4, 0.5) is 5.95 Å². The van der Waals surface area contributed by atoms with Crippen molar-refractivity contribution < 1.29 is 5.11 Å². The zero-order chi connectivity index (χ0) is 10.7. The molecule has 4 nitrogen and oxygen atoms in total. The van der Waals surface area contributed by atoms with Gasteiger partial charge < -0.3 is 10.4 Å². The van der Waals surface area contributed by atoms with E-state index in [1.807, 2.05) is 12.2 Å². The van der Waals surface area contributed by atoms with E-state index in [1.54, 1.807) is 12.4 Å². The van der Waals surface area contributed by atoms with Gasteiger partial charge in [0.05, 0.1) is 17.4 Å². The predicted molar refractivity (Wildman–Crippen MR) is 58.8 cm³/mol. The Labute approximate surface area is 93.0 Å². The topological polar surface area (TPSA) is 58.0 Å². The summed E-state index contributed by atoms with van der Waals surface area (Å²) in [4.78, 5) is 8.08. The fourth-order valence-electron chi connectivity index (χ4n) is 1.57. The zero-order valence-electron chi connectivity index (χ0n) is 8.10. The lowest BCUT2D eigenvalue weighted by Crippen LogP contribution is -2.18. The van der Waals surface area contributed by atoms with Gasteiger partial charge in [-0.2, -0.15) is 0 Å². The predicted octanol–water partition coefficient (Wildman–Crippen LogP) is 1.48. The minimum atomic E-state index is 0.191. The Morgan fingerprint density at radius 2 is 2.13 bits per heavy atom. The Morgan fingerprint density at radius 3 is 2.73 bits per heavy atom. The minimum absolute atomic E-state index is 0.191. The van der Waals surface area contributed by atoms with Crippen LogP contribution in [0.15, 0.2) is 24.5 Å². The quantitative estimate of drug-likeness (QED) is 0.766. The summed E-state index contributed by atoms with van der Waals surface area (Å²) in [6.07, 6.45) is 8.02. The van der Waals surface area contributed by atoms with Gasteiger partial charge in [0.1, 0.15) is 0 Å². The van der Waals surface area contributed by atoms with Gasteiger partial charge >= 0.3 is 0 Å². The standard InChI is InChI=1S/C10H12ClN3O/c11-8-4-12-10(13-5-8)14-9-2-1-7(3-9)6-15/h1-2,4-5,7,9,15H,3,6H2,(H,12,13,14)/t7-,9+/m0/s1. The molecule has 1 aliphatic rings.